The predicted octanol–water partition coefficient (Wildman–Crippen LogP) is 3.45. The van der Waals surface area contributed by atoms with Gasteiger partial charge in [0.25, 0.3) is 5.91 Å². The lowest BCUT2D eigenvalue weighted by atomic mass is 9.95. The zero-order valence-electron chi connectivity index (χ0n) is 15.6. The van der Waals surface area contributed by atoms with Crippen molar-refractivity contribution in [1.82, 2.24) is 16.0 Å². The van der Waals surface area contributed by atoms with Crippen LogP contribution >= 0.6 is 0 Å². The van der Waals surface area contributed by atoms with Crippen molar-refractivity contribution in [3.8, 4) is 0 Å². The number of amides is 1. The highest BCUT2D eigenvalue weighted by atomic mass is 16.3. The summed E-state index contributed by atoms with van der Waals surface area (Å²) in [5.41, 5.74) is 0.753. The Morgan fingerprint density at radius 2 is 1.81 bits per heavy atom. The summed E-state index contributed by atoms with van der Waals surface area (Å²) in [6.45, 7) is 3.74. The van der Waals surface area contributed by atoms with Gasteiger partial charge < -0.3 is 20.4 Å². The van der Waals surface area contributed by atoms with Gasteiger partial charge in [0.15, 0.2) is 5.76 Å². The Balaban J connectivity index is 1.20. The first-order valence-electron chi connectivity index (χ1n) is 10.0. The van der Waals surface area contributed by atoms with Crippen LogP contribution in [0.4, 0.5) is 0 Å². The summed E-state index contributed by atoms with van der Waals surface area (Å²) in [7, 11) is 0. The second-order valence-electron chi connectivity index (χ2n) is 7.15. The monoisotopic (exact) mass is 357 g/mol. The summed E-state index contributed by atoms with van der Waals surface area (Å²) >= 11 is 0. The van der Waals surface area contributed by atoms with Crippen LogP contribution in [-0.2, 0) is 0 Å². The zero-order valence-corrected chi connectivity index (χ0v) is 15.6. The fraction of sp³-hybridized carbons (Fsp3) is 0.571. The molecule has 5 nitrogen and oxygen atoms in total. The van der Waals surface area contributed by atoms with E-state index >= 15 is 0 Å². The van der Waals surface area contributed by atoms with Gasteiger partial charge in [-0.05, 0) is 44.4 Å². The van der Waals surface area contributed by atoms with Crippen LogP contribution in [0, 0.1) is 0 Å². The molecule has 1 heterocycles. The van der Waals surface area contributed by atoms with E-state index in [-0.39, 0.29) is 5.91 Å². The number of carbonyl (C=O) groups is 1. The van der Waals surface area contributed by atoms with Crippen molar-refractivity contribution in [2.75, 3.05) is 26.2 Å². The molecule has 3 N–H and O–H groups in total. The molecule has 0 bridgehead atoms. The van der Waals surface area contributed by atoms with Crippen LogP contribution < -0.4 is 16.0 Å². The average molecular weight is 357 g/mol. The van der Waals surface area contributed by atoms with Crippen LogP contribution in [0.15, 0.2) is 34.7 Å². The number of furan rings is 1. The summed E-state index contributed by atoms with van der Waals surface area (Å²) in [5, 5.41) is 11.0. The minimum absolute atomic E-state index is 0.133. The fourth-order valence-electron chi connectivity index (χ4n) is 3.55. The van der Waals surface area contributed by atoms with Crippen molar-refractivity contribution in [3.05, 3.63) is 36.1 Å². The highest BCUT2D eigenvalue weighted by Gasteiger charge is 2.12. The minimum atomic E-state index is -0.133. The van der Waals surface area contributed by atoms with E-state index in [1.165, 1.54) is 32.1 Å². The molecule has 1 aromatic heterocycles. The molecule has 1 aliphatic carbocycles. The van der Waals surface area contributed by atoms with Gasteiger partial charge in [-0.15, -0.1) is 0 Å². The largest absolute Gasteiger partial charge is 0.451 e. The van der Waals surface area contributed by atoms with Gasteiger partial charge >= 0.3 is 0 Å². The number of benzene rings is 1. The second kappa shape index (κ2) is 10.3. The smallest absolute Gasteiger partial charge is 0.287 e. The van der Waals surface area contributed by atoms with Gasteiger partial charge in [-0.25, -0.2) is 0 Å². The number of nitrogens with one attached hydrogen (secondary N) is 3. The molecule has 0 radical (unpaired) electrons. The summed E-state index contributed by atoms with van der Waals surface area (Å²) < 4.78 is 5.57. The van der Waals surface area contributed by atoms with Gasteiger partial charge in [0, 0.05) is 31.1 Å². The van der Waals surface area contributed by atoms with E-state index in [2.05, 4.69) is 16.0 Å². The number of rotatable bonds is 10. The van der Waals surface area contributed by atoms with Crippen molar-refractivity contribution in [2.24, 2.45) is 0 Å². The predicted molar refractivity (Wildman–Crippen MR) is 106 cm³/mol. The maximum atomic E-state index is 12.1. The standard InChI is InChI=1S/C21H31N3O2/c25-21(20-16-17-8-4-5-11-19(17)26-20)24-13-7-6-12-22-14-15-23-18-9-2-1-3-10-18/h4-5,8,11,16,18,22-23H,1-3,6-7,9-10,12-15H2,(H,24,25). The number of fused-ring (bicyclic) bond motifs is 1. The topological polar surface area (TPSA) is 66.3 Å². The maximum Gasteiger partial charge on any atom is 0.287 e. The van der Waals surface area contributed by atoms with E-state index < -0.39 is 0 Å². The summed E-state index contributed by atoms with van der Waals surface area (Å²) in [4.78, 5) is 12.1. The van der Waals surface area contributed by atoms with Gasteiger partial charge in [-0.1, -0.05) is 37.5 Å². The summed E-state index contributed by atoms with van der Waals surface area (Å²) in [6.07, 6.45) is 8.87. The first-order chi connectivity index (χ1) is 12.8. The number of unbranched alkanes of at least 4 members (excludes halogenated alkanes) is 1. The van der Waals surface area contributed by atoms with Gasteiger partial charge in [0.05, 0.1) is 0 Å². The first kappa shape index (κ1) is 18.9. The molecule has 0 unspecified atom stereocenters. The molecular formula is C21H31N3O2. The Kier molecular flexibility index (Phi) is 7.52. The third kappa shape index (κ3) is 5.85. The van der Waals surface area contributed by atoms with E-state index in [4.69, 9.17) is 4.42 Å². The SMILES string of the molecule is O=C(NCCCCNCCNC1CCCCC1)c1cc2ccccc2o1. The van der Waals surface area contributed by atoms with Crippen molar-refractivity contribution in [3.63, 3.8) is 0 Å². The van der Waals surface area contributed by atoms with Crippen molar-refractivity contribution < 1.29 is 9.21 Å². The molecule has 1 aromatic carbocycles. The Hall–Kier alpha value is -1.85. The Bertz CT molecular complexity index is 644. The van der Waals surface area contributed by atoms with E-state index in [1.807, 2.05) is 24.3 Å². The summed E-state index contributed by atoms with van der Waals surface area (Å²) in [5.74, 6) is 0.254. The van der Waals surface area contributed by atoms with Crippen molar-refractivity contribution in [1.29, 1.82) is 0 Å². The summed E-state index contributed by atoms with van der Waals surface area (Å²) in [6, 6.07) is 10.2. The van der Waals surface area contributed by atoms with Gasteiger partial charge in [-0.2, -0.15) is 0 Å². The molecule has 0 saturated heterocycles. The third-order valence-corrected chi connectivity index (χ3v) is 5.06. The molecule has 1 amide bonds. The normalized spacial score (nSPS) is 15.4. The molecule has 5 heteroatoms. The van der Waals surface area contributed by atoms with E-state index in [1.54, 1.807) is 6.07 Å². The van der Waals surface area contributed by atoms with Crippen molar-refractivity contribution >= 4 is 16.9 Å². The Morgan fingerprint density at radius 3 is 2.65 bits per heavy atom. The van der Waals surface area contributed by atoms with E-state index in [0.29, 0.717) is 12.3 Å². The van der Waals surface area contributed by atoms with Crippen LogP contribution in [0.1, 0.15) is 55.5 Å². The minimum Gasteiger partial charge on any atom is -0.451 e. The lowest BCUT2D eigenvalue weighted by molar-refractivity contribution is 0.0927. The zero-order chi connectivity index (χ0) is 18.0. The molecule has 1 fully saturated rings. The number of para-hydroxylation sites is 1. The van der Waals surface area contributed by atoms with Gasteiger partial charge in [0.1, 0.15) is 5.58 Å². The maximum absolute atomic E-state index is 12.1. The van der Waals surface area contributed by atoms with Crippen LogP contribution in [0.2, 0.25) is 0 Å². The molecule has 0 spiro atoms. The number of hydrogen-bond acceptors (Lipinski definition) is 4. The molecule has 1 saturated carbocycles. The van der Waals surface area contributed by atoms with E-state index in [9.17, 15) is 4.79 Å². The fourth-order valence-corrected chi connectivity index (χ4v) is 3.55. The van der Waals surface area contributed by atoms with Crippen LogP contribution in [0.25, 0.3) is 11.0 Å². The van der Waals surface area contributed by atoms with Crippen LogP contribution in [0.3, 0.4) is 0 Å². The molecule has 1 aliphatic rings. The van der Waals surface area contributed by atoms with Gasteiger partial charge in [-0.3, -0.25) is 4.79 Å². The molecule has 3 rings (SSSR count). The average Bonchev–Trinajstić information content (AvgIpc) is 3.12. The lowest BCUT2D eigenvalue weighted by Crippen LogP contribution is -2.36. The Morgan fingerprint density at radius 1 is 1.00 bits per heavy atom. The van der Waals surface area contributed by atoms with Gasteiger partial charge in [0.2, 0.25) is 0 Å². The molecule has 0 atom stereocenters. The highest BCUT2D eigenvalue weighted by molar-refractivity contribution is 5.95. The molecule has 0 aliphatic heterocycles. The third-order valence-electron chi connectivity index (χ3n) is 5.06. The second-order valence-corrected chi connectivity index (χ2v) is 7.15. The quantitative estimate of drug-likeness (QED) is 0.570. The van der Waals surface area contributed by atoms with Crippen LogP contribution in [0.5, 0.6) is 0 Å². The number of hydrogen-bond donors (Lipinski definition) is 3. The highest BCUT2D eigenvalue weighted by Crippen LogP contribution is 2.18. The first-order valence-corrected chi connectivity index (χ1v) is 10.0. The Labute approximate surface area is 155 Å². The number of carbonyl (C=O) groups excluding carboxylic acids is 1. The van der Waals surface area contributed by atoms with E-state index in [0.717, 1.165) is 49.5 Å². The van der Waals surface area contributed by atoms with Crippen LogP contribution in [-0.4, -0.2) is 38.1 Å². The molecule has 142 valence electrons. The van der Waals surface area contributed by atoms with Crippen molar-refractivity contribution in [2.45, 2.75) is 51.0 Å². The molecular weight excluding hydrogens is 326 g/mol. The lowest BCUT2D eigenvalue weighted by Gasteiger charge is -2.22. The molecule has 26 heavy (non-hydrogen) atoms. The molecule has 2 aromatic rings.